The number of aryl methyl sites for hydroxylation is 2. The summed E-state index contributed by atoms with van der Waals surface area (Å²) in [6, 6.07) is 7.60. The number of hydrogen-bond acceptors (Lipinski definition) is 3. The second-order valence-electron chi connectivity index (χ2n) is 4.94. The molecule has 0 radical (unpaired) electrons. The van der Waals surface area contributed by atoms with Crippen LogP contribution in [0.25, 0.3) is 11.3 Å². The highest BCUT2D eigenvalue weighted by molar-refractivity contribution is 7.09. The molecule has 0 aliphatic carbocycles. The lowest BCUT2D eigenvalue weighted by atomic mass is 10.2. The molecule has 0 spiro atoms. The number of anilines is 1. The van der Waals surface area contributed by atoms with Crippen molar-refractivity contribution in [1.82, 2.24) is 9.55 Å². The topological polar surface area (TPSA) is 46.9 Å². The summed E-state index contributed by atoms with van der Waals surface area (Å²) in [6.45, 7) is 1.94. The van der Waals surface area contributed by atoms with Crippen LogP contribution in [0.4, 0.5) is 10.1 Å². The Morgan fingerprint density at radius 2 is 2.18 bits per heavy atom. The van der Waals surface area contributed by atoms with Gasteiger partial charge in [0.25, 0.3) is 5.91 Å². The first kappa shape index (κ1) is 14.5. The SMILES string of the molecule is Cc1nc(-c2cc(C(=O)Nc3cccc(F)c3)n(C)c2)cs1. The summed E-state index contributed by atoms with van der Waals surface area (Å²) >= 11 is 1.56. The van der Waals surface area contributed by atoms with Gasteiger partial charge in [0, 0.05) is 29.9 Å². The van der Waals surface area contributed by atoms with Crippen LogP contribution in [0, 0.1) is 12.7 Å². The Labute approximate surface area is 131 Å². The lowest BCUT2D eigenvalue weighted by Crippen LogP contribution is -2.15. The highest BCUT2D eigenvalue weighted by Crippen LogP contribution is 2.24. The van der Waals surface area contributed by atoms with Gasteiger partial charge in [0.2, 0.25) is 0 Å². The van der Waals surface area contributed by atoms with Gasteiger partial charge < -0.3 is 9.88 Å². The monoisotopic (exact) mass is 315 g/mol. The maximum Gasteiger partial charge on any atom is 0.272 e. The molecule has 112 valence electrons. The first-order chi connectivity index (χ1) is 10.5. The summed E-state index contributed by atoms with van der Waals surface area (Å²) in [4.78, 5) is 16.7. The average molecular weight is 315 g/mol. The van der Waals surface area contributed by atoms with Crippen molar-refractivity contribution < 1.29 is 9.18 Å². The molecule has 0 aliphatic heterocycles. The average Bonchev–Trinajstić information content (AvgIpc) is 3.05. The zero-order valence-electron chi connectivity index (χ0n) is 12.1. The lowest BCUT2D eigenvalue weighted by molar-refractivity contribution is 0.101. The first-order valence-corrected chi connectivity index (χ1v) is 7.56. The minimum atomic E-state index is -0.386. The number of nitrogens with zero attached hydrogens (tertiary/aromatic N) is 2. The Morgan fingerprint density at radius 3 is 2.86 bits per heavy atom. The highest BCUT2D eigenvalue weighted by atomic mass is 32.1. The number of benzene rings is 1. The summed E-state index contributed by atoms with van der Waals surface area (Å²) in [6.07, 6.45) is 1.86. The van der Waals surface area contributed by atoms with Crippen molar-refractivity contribution in [1.29, 1.82) is 0 Å². The molecule has 0 bridgehead atoms. The third-order valence-electron chi connectivity index (χ3n) is 3.23. The molecule has 0 fully saturated rings. The van der Waals surface area contributed by atoms with Crippen LogP contribution < -0.4 is 5.32 Å². The molecule has 1 aromatic carbocycles. The number of carbonyl (C=O) groups is 1. The lowest BCUT2D eigenvalue weighted by Gasteiger charge is -2.05. The Morgan fingerprint density at radius 1 is 1.36 bits per heavy atom. The summed E-state index contributed by atoms with van der Waals surface area (Å²) in [5, 5.41) is 5.63. The quantitative estimate of drug-likeness (QED) is 0.798. The van der Waals surface area contributed by atoms with E-state index in [1.54, 1.807) is 41.2 Å². The van der Waals surface area contributed by atoms with Crippen LogP contribution in [-0.2, 0) is 7.05 Å². The third kappa shape index (κ3) is 2.92. The summed E-state index contributed by atoms with van der Waals surface area (Å²) < 4.78 is 14.9. The molecule has 22 heavy (non-hydrogen) atoms. The van der Waals surface area contributed by atoms with E-state index in [1.165, 1.54) is 12.1 Å². The highest BCUT2D eigenvalue weighted by Gasteiger charge is 2.14. The van der Waals surface area contributed by atoms with Crippen LogP contribution in [0.1, 0.15) is 15.5 Å². The standard InChI is InChI=1S/C16H14FN3OS/c1-10-18-14(9-22-10)11-6-15(20(2)8-11)16(21)19-13-5-3-4-12(17)7-13/h3-9H,1-2H3,(H,19,21). The molecule has 1 amide bonds. The van der Waals surface area contributed by atoms with Gasteiger partial charge >= 0.3 is 0 Å². The number of aromatic nitrogens is 2. The fourth-order valence-corrected chi connectivity index (χ4v) is 2.81. The number of hydrogen-bond donors (Lipinski definition) is 1. The van der Waals surface area contributed by atoms with Crippen LogP contribution in [0.15, 0.2) is 41.9 Å². The Bertz CT molecular complexity index is 838. The number of carbonyl (C=O) groups excluding carboxylic acids is 1. The van der Waals surface area contributed by atoms with Crippen molar-refractivity contribution in [3.8, 4) is 11.3 Å². The van der Waals surface area contributed by atoms with E-state index >= 15 is 0 Å². The maximum atomic E-state index is 13.2. The predicted molar refractivity (Wildman–Crippen MR) is 85.6 cm³/mol. The number of rotatable bonds is 3. The van der Waals surface area contributed by atoms with E-state index in [9.17, 15) is 9.18 Å². The van der Waals surface area contributed by atoms with E-state index < -0.39 is 0 Å². The smallest absolute Gasteiger partial charge is 0.272 e. The van der Waals surface area contributed by atoms with Crippen LogP contribution in [0.3, 0.4) is 0 Å². The van der Waals surface area contributed by atoms with Gasteiger partial charge in [-0.3, -0.25) is 4.79 Å². The summed E-state index contributed by atoms with van der Waals surface area (Å²) in [5.74, 6) is -0.672. The van der Waals surface area contributed by atoms with E-state index in [-0.39, 0.29) is 11.7 Å². The summed E-state index contributed by atoms with van der Waals surface area (Å²) in [5.41, 5.74) is 2.65. The number of thiazole rings is 1. The van der Waals surface area contributed by atoms with E-state index in [4.69, 9.17) is 0 Å². The zero-order chi connectivity index (χ0) is 15.7. The summed E-state index contributed by atoms with van der Waals surface area (Å²) in [7, 11) is 1.79. The van der Waals surface area contributed by atoms with Gasteiger partial charge in [0.15, 0.2) is 0 Å². The Kier molecular flexibility index (Phi) is 3.77. The van der Waals surface area contributed by atoms with Crippen molar-refractivity contribution in [3.63, 3.8) is 0 Å². The fourth-order valence-electron chi connectivity index (χ4n) is 2.19. The van der Waals surface area contributed by atoms with Crippen LogP contribution >= 0.6 is 11.3 Å². The first-order valence-electron chi connectivity index (χ1n) is 6.69. The molecular formula is C16H14FN3OS. The molecule has 3 rings (SSSR count). The molecule has 6 heteroatoms. The molecule has 2 heterocycles. The van der Waals surface area contributed by atoms with Gasteiger partial charge in [0.1, 0.15) is 11.5 Å². The van der Waals surface area contributed by atoms with Crippen molar-refractivity contribution >= 4 is 22.9 Å². The van der Waals surface area contributed by atoms with Gasteiger partial charge in [0.05, 0.1) is 10.7 Å². The Balaban J connectivity index is 1.85. The minimum absolute atomic E-state index is 0.286. The van der Waals surface area contributed by atoms with Crippen molar-refractivity contribution in [2.75, 3.05) is 5.32 Å². The van der Waals surface area contributed by atoms with Crippen molar-refractivity contribution in [2.24, 2.45) is 7.05 Å². The van der Waals surface area contributed by atoms with Crippen LogP contribution in [0.2, 0.25) is 0 Å². The van der Waals surface area contributed by atoms with E-state index in [0.29, 0.717) is 11.4 Å². The molecule has 0 saturated carbocycles. The van der Waals surface area contributed by atoms with Gasteiger partial charge in [-0.2, -0.15) is 0 Å². The van der Waals surface area contributed by atoms with E-state index in [0.717, 1.165) is 16.3 Å². The number of amides is 1. The van der Waals surface area contributed by atoms with Gasteiger partial charge in [-0.1, -0.05) is 6.07 Å². The van der Waals surface area contributed by atoms with Crippen LogP contribution in [-0.4, -0.2) is 15.5 Å². The van der Waals surface area contributed by atoms with Gasteiger partial charge in [-0.05, 0) is 31.2 Å². The fraction of sp³-hybridized carbons (Fsp3) is 0.125. The maximum absolute atomic E-state index is 13.2. The minimum Gasteiger partial charge on any atom is -0.346 e. The molecule has 0 saturated heterocycles. The zero-order valence-corrected chi connectivity index (χ0v) is 12.9. The second kappa shape index (κ2) is 5.73. The van der Waals surface area contributed by atoms with E-state index in [1.807, 2.05) is 18.5 Å². The molecular weight excluding hydrogens is 301 g/mol. The molecule has 4 nitrogen and oxygen atoms in total. The predicted octanol–water partition coefficient (Wildman–Crippen LogP) is 3.85. The number of nitrogens with one attached hydrogen (secondary N) is 1. The molecule has 0 aliphatic rings. The van der Waals surface area contributed by atoms with Gasteiger partial charge in [-0.25, -0.2) is 9.37 Å². The number of halogens is 1. The molecule has 2 aromatic heterocycles. The third-order valence-corrected chi connectivity index (χ3v) is 4.01. The largest absolute Gasteiger partial charge is 0.346 e. The van der Waals surface area contributed by atoms with Crippen LogP contribution in [0.5, 0.6) is 0 Å². The molecule has 0 unspecified atom stereocenters. The molecule has 0 atom stereocenters. The Hall–Kier alpha value is -2.47. The normalized spacial score (nSPS) is 10.7. The van der Waals surface area contributed by atoms with Gasteiger partial charge in [-0.15, -0.1) is 11.3 Å². The second-order valence-corrected chi connectivity index (χ2v) is 6.00. The molecule has 1 N–H and O–H groups in total. The molecule has 3 aromatic rings. The van der Waals surface area contributed by atoms with Crippen molar-refractivity contribution in [3.05, 3.63) is 58.4 Å². The van der Waals surface area contributed by atoms with E-state index in [2.05, 4.69) is 10.3 Å². The van der Waals surface area contributed by atoms with Crippen molar-refractivity contribution in [2.45, 2.75) is 6.92 Å².